The summed E-state index contributed by atoms with van der Waals surface area (Å²) in [5.74, 6) is 0. The van der Waals surface area contributed by atoms with Crippen LogP contribution in [0, 0.1) is 6.92 Å². The third kappa shape index (κ3) is 3.69. The van der Waals surface area contributed by atoms with E-state index in [0.717, 1.165) is 11.0 Å². The van der Waals surface area contributed by atoms with Gasteiger partial charge in [0.05, 0.1) is 0 Å². The summed E-state index contributed by atoms with van der Waals surface area (Å²) < 4.78 is 1.12. The van der Waals surface area contributed by atoms with Crippen molar-refractivity contribution >= 4 is 15.9 Å². The molecule has 0 amide bonds. The molecule has 2 aromatic carbocycles. The standard InChI is InChI=1S/C16H18BrN/c1-12-4-3-5-14(10-12)11-18-13(2)15-6-8-16(17)9-7-15/h3-10,13,18H,11H2,1-2H3/t13-/m0/s1. The molecule has 0 radical (unpaired) electrons. The topological polar surface area (TPSA) is 12.0 Å². The van der Waals surface area contributed by atoms with E-state index in [1.807, 2.05) is 0 Å². The average Bonchev–Trinajstić information content (AvgIpc) is 2.37. The number of rotatable bonds is 4. The number of halogens is 1. The van der Waals surface area contributed by atoms with Crippen LogP contribution in [0.3, 0.4) is 0 Å². The predicted octanol–water partition coefficient (Wildman–Crippen LogP) is 4.61. The van der Waals surface area contributed by atoms with E-state index >= 15 is 0 Å². The molecule has 1 nitrogen and oxygen atoms in total. The zero-order chi connectivity index (χ0) is 13.0. The van der Waals surface area contributed by atoms with Crippen molar-refractivity contribution in [2.24, 2.45) is 0 Å². The molecule has 1 N–H and O–H groups in total. The summed E-state index contributed by atoms with van der Waals surface area (Å²) in [5.41, 5.74) is 3.95. The zero-order valence-corrected chi connectivity index (χ0v) is 12.4. The molecule has 18 heavy (non-hydrogen) atoms. The summed E-state index contributed by atoms with van der Waals surface area (Å²) in [7, 11) is 0. The van der Waals surface area contributed by atoms with Gasteiger partial charge in [0.2, 0.25) is 0 Å². The lowest BCUT2D eigenvalue weighted by molar-refractivity contribution is 0.574. The van der Waals surface area contributed by atoms with E-state index in [4.69, 9.17) is 0 Å². The van der Waals surface area contributed by atoms with Gasteiger partial charge in [-0.25, -0.2) is 0 Å². The van der Waals surface area contributed by atoms with Gasteiger partial charge in [0.1, 0.15) is 0 Å². The second kappa shape index (κ2) is 6.17. The summed E-state index contributed by atoms with van der Waals surface area (Å²) in [6.07, 6.45) is 0. The summed E-state index contributed by atoms with van der Waals surface area (Å²) >= 11 is 3.46. The van der Waals surface area contributed by atoms with Crippen molar-refractivity contribution in [3.63, 3.8) is 0 Å². The van der Waals surface area contributed by atoms with Crippen molar-refractivity contribution < 1.29 is 0 Å². The van der Waals surface area contributed by atoms with E-state index in [2.05, 4.69) is 83.6 Å². The number of nitrogens with one attached hydrogen (secondary N) is 1. The van der Waals surface area contributed by atoms with E-state index < -0.39 is 0 Å². The Balaban J connectivity index is 1.96. The first-order valence-corrected chi connectivity index (χ1v) is 6.99. The number of hydrogen-bond donors (Lipinski definition) is 1. The monoisotopic (exact) mass is 303 g/mol. The summed E-state index contributed by atoms with van der Waals surface area (Å²) in [6, 6.07) is 17.4. The Bertz CT molecular complexity index is 505. The lowest BCUT2D eigenvalue weighted by atomic mass is 10.1. The maximum atomic E-state index is 3.55. The van der Waals surface area contributed by atoms with E-state index in [1.165, 1.54) is 16.7 Å². The molecule has 0 fully saturated rings. The molecule has 94 valence electrons. The van der Waals surface area contributed by atoms with Gasteiger partial charge in [0.15, 0.2) is 0 Å². The third-order valence-electron chi connectivity index (χ3n) is 3.06. The number of benzene rings is 2. The van der Waals surface area contributed by atoms with Gasteiger partial charge >= 0.3 is 0 Å². The highest BCUT2D eigenvalue weighted by Crippen LogP contribution is 2.17. The molecule has 1 atom stereocenters. The van der Waals surface area contributed by atoms with Crippen LogP contribution in [-0.4, -0.2) is 0 Å². The van der Waals surface area contributed by atoms with Crippen LogP contribution in [0.2, 0.25) is 0 Å². The second-order valence-electron chi connectivity index (χ2n) is 4.64. The van der Waals surface area contributed by atoms with Crippen LogP contribution < -0.4 is 5.32 Å². The SMILES string of the molecule is Cc1cccc(CN[C@@H](C)c2ccc(Br)cc2)c1. The average molecular weight is 304 g/mol. The molecule has 0 saturated heterocycles. The van der Waals surface area contributed by atoms with Crippen LogP contribution in [0.15, 0.2) is 53.0 Å². The van der Waals surface area contributed by atoms with Gasteiger partial charge in [-0.05, 0) is 37.1 Å². The second-order valence-corrected chi connectivity index (χ2v) is 5.56. The first kappa shape index (κ1) is 13.3. The van der Waals surface area contributed by atoms with Gasteiger partial charge in [-0.2, -0.15) is 0 Å². The Morgan fingerprint density at radius 2 is 1.83 bits per heavy atom. The fourth-order valence-electron chi connectivity index (χ4n) is 1.96. The molecule has 0 bridgehead atoms. The van der Waals surface area contributed by atoms with Gasteiger partial charge in [0, 0.05) is 17.1 Å². The molecule has 0 heterocycles. The largest absolute Gasteiger partial charge is 0.306 e. The Morgan fingerprint density at radius 1 is 1.11 bits per heavy atom. The molecule has 2 rings (SSSR count). The quantitative estimate of drug-likeness (QED) is 0.870. The van der Waals surface area contributed by atoms with Crippen molar-refractivity contribution in [1.82, 2.24) is 5.32 Å². The van der Waals surface area contributed by atoms with Crippen molar-refractivity contribution in [3.05, 3.63) is 69.7 Å². The van der Waals surface area contributed by atoms with Crippen LogP contribution in [-0.2, 0) is 6.54 Å². The maximum Gasteiger partial charge on any atom is 0.0294 e. The van der Waals surface area contributed by atoms with Gasteiger partial charge < -0.3 is 5.32 Å². The summed E-state index contributed by atoms with van der Waals surface area (Å²) in [4.78, 5) is 0. The zero-order valence-electron chi connectivity index (χ0n) is 10.8. The Morgan fingerprint density at radius 3 is 2.50 bits per heavy atom. The minimum atomic E-state index is 0.360. The van der Waals surface area contributed by atoms with E-state index in [1.54, 1.807) is 0 Å². The van der Waals surface area contributed by atoms with Gasteiger partial charge in [-0.1, -0.05) is 57.9 Å². The van der Waals surface area contributed by atoms with Gasteiger partial charge in [0.25, 0.3) is 0 Å². The molecule has 0 unspecified atom stereocenters. The fraction of sp³-hybridized carbons (Fsp3) is 0.250. The maximum absolute atomic E-state index is 3.55. The van der Waals surface area contributed by atoms with Crippen LogP contribution >= 0.6 is 15.9 Å². The van der Waals surface area contributed by atoms with E-state index in [-0.39, 0.29) is 0 Å². The minimum absolute atomic E-state index is 0.360. The Labute approximate surface area is 117 Å². The molecular weight excluding hydrogens is 286 g/mol. The first-order valence-electron chi connectivity index (χ1n) is 6.19. The number of hydrogen-bond acceptors (Lipinski definition) is 1. The normalized spacial score (nSPS) is 12.4. The fourth-order valence-corrected chi connectivity index (χ4v) is 2.23. The minimum Gasteiger partial charge on any atom is -0.306 e. The van der Waals surface area contributed by atoms with Crippen LogP contribution in [0.25, 0.3) is 0 Å². The molecule has 0 aromatic heterocycles. The molecule has 2 aromatic rings. The lowest BCUT2D eigenvalue weighted by Crippen LogP contribution is -2.18. The molecule has 2 heteroatoms. The van der Waals surface area contributed by atoms with Gasteiger partial charge in [-0.3, -0.25) is 0 Å². The van der Waals surface area contributed by atoms with E-state index in [0.29, 0.717) is 6.04 Å². The molecule has 0 aliphatic carbocycles. The molecule has 0 aliphatic rings. The predicted molar refractivity (Wildman–Crippen MR) is 80.6 cm³/mol. The first-order chi connectivity index (χ1) is 8.65. The highest BCUT2D eigenvalue weighted by atomic mass is 79.9. The highest BCUT2D eigenvalue weighted by Gasteiger charge is 2.04. The summed E-state index contributed by atoms with van der Waals surface area (Å²) in [5, 5.41) is 3.55. The van der Waals surface area contributed by atoms with Crippen LogP contribution in [0.1, 0.15) is 29.7 Å². The van der Waals surface area contributed by atoms with Crippen molar-refractivity contribution in [2.75, 3.05) is 0 Å². The van der Waals surface area contributed by atoms with Crippen molar-refractivity contribution in [2.45, 2.75) is 26.4 Å². The molecule has 0 aliphatic heterocycles. The smallest absolute Gasteiger partial charge is 0.0294 e. The van der Waals surface area contributed by atoms with E-state index in [9.17, 15) is 0 Å². The molecular formula is C16H18BrN. The van der Waals surface area contributed by atoms with Crippen LogP contribution in [0.4, 0.5) is 0 Å². The lowest BCUT2D eigenvalue weighted by Gasteiger charge is -2.14. The van der Waals surface area contributed by atoms with Crippen molar-refractivity contribution in [1.29, 1.82) is 0 Å². The molecule has 0 spiro atoms. The van der Waals surface area contributed by atoms with Crippen molar-refractivity contribution in [3.8, 4) is 0 Å². The Hall–Kier alpha value is -1.12. The third-order valence-corrected chi connectivity index (χ3v) is 3.59. The number of aryl methyl sites for hydroxylation is 1. The Kier molecular flexibility index (Phi) is 4.56. The summed E-state index contributed by atoms with van der Waals surface area (Å²) in [6.45, 7) is 5.22. The highest BCUT2D eigenvalue weighted by molar-refractivity contribution is 9.10. The van der Waals surface area contributed by atoms with Gasteiger partial charge in [-0.15, -0.1) is 0 Å². The molecule has 0 saturated carbocycles. The van der Waals surface area contributed by atoms with Crippen LogP contribution in [0.5, 0.6) is 0 Å².